The zero-order chi connectivity index (χ0) is 17.9. The molecule has 0 atom stereocenters. The average molecular weight is 353 g/mol. The number of non-ortho nitro benzene ring substituents is 1. The monoisotopic (exact) mass is 352 g/mol. The lowest BCUT2D eigenvalue weighted by atomic mass is 10.1. The number of halogens is 2. The van der Waals surface area contributed by atoms with E-state index >= 15 is 0 Å². The highest BCUT2D eigenvalue weighted by molar-refractivity contribution is 6.34. The van der Waals surface area contributed by atoms with Crippen molar-refractivity contribution in [2.45, 2.75) is 0 Å². The van der Waals surface area contributed by atoms with E-state index < -0.39 is 22.6 Å². The molecule has 124 valence electrons. The number of hydrogen-bond donors (Lipinski definition) is 1. The van der Waals surface area contributed by atoms with Gasteiger partial charge in [0.15, 0.2) is 0 Å². The molecule has 0 saturated carbocycles. The van der Waals surface area contributed by atoms with Gasteiger partial charge >= 0.3 is 5.97 Å². The van der Waals surface area contributed by atoms with E-state index in [0.717, 1.165) is 31.4 Å². The van der Waals surface area contributed by atoms with Crippen LogP contribution < -0.4 is 5.32 Å². The summed E-state index contributed by atoms with van der Waals surface area (Å²) in [6, 6.07) is 6.69. The molecular weight excluding hydrogens is 343 g/mol. The van der Waals surface area contributed by atoms with Crippen LogP contribution in [-0.2, 0) is 4.74 Å². The fourth-order valence-corrected chi connectivity index (χ4v) is 2.07. The lowest BCUT2D eigenvalue weighted by Gasteiger charge is -2.08. The Morgan fingerprint density at radius 2 is 1.92 bits per heavy atom. The number of ether oxygens (including phenoxy) is 1. The van der Waals surface area contributed by atoms with Gasteiger partial charge in [-0.2, -0.15) is 0 Å². The van der Waals surface area contributed by atoms with Crippen LogP contribution in [0.3, 0.4) is 0 Å². The highest BCUT2D eigenvalue weighted by Gasteiger charge is 2.18. The molecule has 0 aromatic heterocycles. The Hall–Kier alpha value is -3.00. The molecule has 9 heteroatoms. The molecule has 0 bridgehead atoms. The van der Waals surface area contributed by atoms with Gasteiger partial charge in [-0.05, 0) is 24.3 Å². The normalized spacial score (nSPS) is 10.1. The molecule has 2 aromatic rings. The summed E-state index contributed by atoms with van der Waals surface area (Å²) in [5, 5.41) is 13.2. The minimum Gasteiger partial charge on any atom is -0.465 e. The van der Waals surface area contributed by atoms with Crippen molar-refractivity contribution < 1.29 is 23.6 Å². The van der Waals surface area contributed by atoms with Gasteiger partial charge in [0, 0.05) is 17.8 Å². The van der Waals surface area contributed by atoms with E-state index in [1.165, 1.54) is 12.1 Å². The number of nitro groups is 1. The molecule has 0 heterocycles. The molecular formula is C15H10ClFN2O5. The minimum absolute atomic E-state index is 0.00778. The van der Waals surface area contributed by atoms with Crippen LogP contribution in [0.4, 0.5) is 15.8 Å². The molecule has 2 aromatic carbocycles. The van der Waals surface area contributed by atoms with E-state index in [4.69, 9.17) is 11.6 Å². The third-order valence-electron chi connectivity index (χ3n) is 3.03. The molecule has 1 amide bonds. The van der Waals surface area contributed by atoms with Gasteiger partial charge in [-0.3, -0.25) is 14.9 Å². The Bertz CT molecular complexity index is 841. The molecule has 0 spiro atoms. The standard InChI is InChI=1S/C15H10ClFN2O5/c1-24-15(21)11-6-8(2-5-13(11)17)18-14(20)10-7-9(19(22)23)3-4-12(10)16/h2-7H,1H3,(H,18,20). The number of benzene rings is 2. The van der Waals surface area contributed by atoms with Gasteiger partial charge in [0.25, 0.3) is 11.6 Å². The first-order valence-electron chi connectivity index (χ1n) is 6.46. The summed E-state index contributed by atoms with van der Waals surface area (Å²) in [6.45, 7) is 0. The maximum Gasteiger partial charge on any atom is 0.340 e. The van der Waals surface area contributed by atoms with Crippen LogP contribution in [0.5, 0.6) is 0 Å². The molecule has 2 rings (SSSR count). The molecule has 0 fully saturated rings. The number of carbonyl (C=O) groups excluding carboxylic acids is 2. The van der Waals surface area contributed by atoms with E-state index in [2.05, 4.69) is 10.1 Å². The lowest BCUT2D eigenvalue weighted by molar-refractivity contribution is -0.384. The molecule has 0 saturated heterocycles. The van der Waals surface area contributed by atoms with Crippen LogP contribution in [0.1, 0.15) is 20.7 Å². The van der Waals surface area contributed by atoms with E-state index in [-0.39, 0.29) is 27.5 Å². The molecule has 0 radical (unpaired) electrons. The molecule has 7 nitrogen and oxygen atoms in total. The molecule has 0 unspecified atom stereocenters. The number of carbonyl (C=O) groups is 2. The molecule has 1 N–H and O–H groups in total. The van der Waals surface area contributed by atoms with E-state index in [0.29, 0.717) is 0 Å². The predicted octanol–water partition coefficient (Wildman–Crippen LogP) is 3.43. The molecule has 0 aliphatic heterocycles. The number of anilines is 1. The first-order chi connectivity index (χ1) is 11.3. The van der Waals surface area contributed by atoms with Crippen molar-refractivity contribution in [1.82, 2.24) is 0 Å². The number of nitrogens with one attached hydrogen (secondary N) is 1. The summed E-state index contributed by atoms with van der Waals surface area (Å²) in [5.74, 6) is -2.46. The average Bonchev–Trinajstić information content (AvgIpc) is 2.55. The summed E-state index contributed by atoms with van der Waals surface area (Å²) in [6.07, 6.45) is 0. The second kappa shape index (κ2) is 7.05. The number of methoxy groups -OCH3 is 1. The zero-order valence-electron chi connectivity index (χ0n) is 12.2. The Labute approximate surface area is 140 Å². The number of amides is 1. The van der Waals surface area contributed by atoms with Crippen LogP contribution in [0, 0.1) is 15.9 Å². The second-order valence-corrected chi connectivity index (χ2v) is 4.97. The first-order valence-corrected chi connectivity index (χ1v) is 6.84. The summed E-state index contributed by atoms with van der Waals surface area (Å²) in [5.41, 5.74) is -0.696. The predicted molar refractivity (Wildman–Crippen MR) is 83.8 cm³/mol. The van der Waals surface area contributed by atoms with Crippen molar-refractivity contribution in [2.24, 2.45) is 0 Å². The fourth-order valence-electron chi connectivity index (χ4n) is 1.87. The van der Waals surface area contributed by atoms with Gasteiger partial charge in [-0.25, -0.2) is 9.18 Å². The summed E-state index contributed by atoms with van der Waals surface area (Å²) in [4.78, 5) is 33.8. The van der Waals surface area contributed by atoms with Crippen LogP contribution in [-0.4, -0.2) is 23.9 Å². The van der Waals surface area contributed by atoms with Crippen LogP contribution in [0.2, 0.25) is 5.02 Å². The summed E-state index contributed by atoms with van der Waals surface area (Å²) < 4.78 is 18.0. The summed E-state index contributed by atoms with van der Waals surface area (Å²) >= 11 is 5.87. The smallest absolute Gasteiger partial charge is 0.340 e. The van der Waals surface area contributed by atoms with Gasteiger partial charge in [0.05, 0.1) is 28.2 Å². The van der Waals surface area contributed by atoms with E-state index in [1.54, 1.807) is 0 Å². The highest BCUT2D eigenvalue weighted by atomic mass is 35.5. The van der Waals surface area contributed by atoms with Gasteiger partial charge < -0.3 is 10.1 Å². The van der Waals surface area contributed by atoms with Crippen LogP contribution in [0.25, 0.3) is 0 Å². The number of esters is 1. The number of nitrogens with zero attached hydrogens (tertiary/aromatic N) is 1. The van der Waals surface area contributed by atoms with Gasteiger partial charge in [-0.15, -0.1) is 0 Å². The van der Waals surface area contributed by atoms with Crippen molar-refractivity contribution in [3.63, 3.8) is 0 Å². The van der Waals surface area contributed by atoms with Crippen molar-refractivity contribution in [3.05, 3.63) is 68.5 Å². The third-order valence-corrected chi connectivity index (χ3v) is 3.36. The molecule has 0 aliphatic rings. The number of hydrogen-bond acceptors (Lipinski definition) is 5. The van der Waals surface area contributed by atoms with Gasteiger partial charge in [0.2, 0.25) is 0 Å². The fraction of sp³-hybridized carbons (Fsp3) is 0.0667. The molecule has 24 heavy (non-hydrogen) atoms. The number of nitro benzene ring substituents is 1. The van der Waals surface area contributed by atoms with Crippen LogP contribution in [0.15, 0.2) is 36.4 Å². The largest absolute Gasteiger partial charge is 0.465 e. The van der Waals surface area contributed by atoms with Gasteiger partial charge in [0.1, 0.15) is 5.82 Å². The Morgan fingerprint density at radius 3 is 2.54 bits per heavy atom. The van der Waals surface area contributed by atoms with E-state index in [9.17, 15) is 24.1 Å². The Balaban J connectivity index is 2.32. The Morgan fingerprint density at radius 1 is 1.21 bits per heavy atom. The maximum absolute atomic E-state index is 13.6. The lowest BCUT2D eigenvalue weighted by Crippen LogP contribution is -2.14. The third kappa shape index (κ3) is 3.66. The topological polar surface area (TPSA) is 98.5 Å². The minimum atomic E-state index is -0.906. The quantitative estimate of drug-likeness (QED) is 0.516. The molecule has 0 aliphatic carbocycles. The van der Waals surface area contributed by atoms with Crippen molar-refractivity contribution >= 4 is 34.9 Å². The maximum atomic E-state index is 13.6. The Kier molecular flexibility index (Phi) is 5.10. The zero-order valence-corrected chi connectivity index (χ0v) is 13.0. The highest BCUT2D eigenvalue weighted by Crippen LogP contribution is 2.24. The van der Waals surface area contributed by atoms with Crippen molar-refractivity contribution in [3.8, 4) is 0 Å². The van der Waals surface area contributed by atoms with Crippen molar-refractivity contribution in [1.29, 1.82) is 0 Å². The van der Waals surface area contributed by atoms with E-state index in [1.807, 2.05) is 0 Å². The summed E-state index contributed by atoms with van der Waals surface area (Å²) in [7, 11) is 1.09. The van der Waals surface area contributed by atoms with Crippen molar-refractivity contribution in [2.75, 3.05) is 12.4 Å². The first kappa shape index (κ1) is 17.4. The van der Waals surface area contributed by atoms with Crippen LogP contribution >= 0.6 is 11.6 Å². The SMILES string of the molecule is COC(=O)c1cc(NC(=O)c2cc([N+](=O)[O-])ccc2Cl)ccc1F. The number of rotatable bonds is 4. The van der Waals surface area contributed by atoms with Gasteiger partial charge in [-0.1, -0.05) is 11.6 Å². The second-order valence-electron chi connectivity index (χ2n) is 4.56.